The molecule has 2 rings (SSSR count). The number of amides is 2. The van der Waals surface area contributed by atoms with Gasteiger partial charge < -0.3 is 15.0 Å². The number of hydrogen-bond acceptors (Lipinski definition) is 3. The molecule has 0 aliphatic heterocycles. The first kappa shape index (κ1) is 20.2. The molecule has 5 heteroatoms. The van der Waals surface area contributed by atoms with Crippen molar-refractivity contribution in [3.05, 3.63) is 71.4 Å². The van der Waals surface area contributed by atoms with Crippen LogP contribution in [0.1, 0.15) is 36.7 Å². The second-order valence-electron chi connectivity index (χ2n) is 5.83. The van der Waals surface area contributed by atoms with E-state index >= 15 is 0 Å². The van der Waals surface area contributed by atoms with Gasteiger partial charge in [0.1, 0.15) is 11.4 Å². The molecule has 142 valence electrons. The molecule has 0 bridgehead atoms. The molecule has 1 N–H and O–H groups in total. The van der Waals surface area contributed by atoms with Gasteiger partial charge in [0.2, 0.25) is 0 Å². The fourth-order valence-electron chi connectivity index (χ4n) is 2.66. The van der Waals surface area contributed by atoms with Gasteiger partial charge in [-0.3, -0.25) is 9.59 Å². The lowest BCUT2D eigenvalue weighted by Gasteiger charge is -2.21. The van der Waals surface area contributed by atoms with Crippen LogP contribution in [0.4, 0.5) is 0 Å². The Balaban J connectivity index is 2.41. The topological polar surface area (TPSA) is 58.6 Å². The zero-order valence-corrected chi connectivity index (χ0v) is 16.1. The van der Waals surface area contributed by atoms with E-state index in [0.717, 1.165) is 5.56 Å². The summed E-state index contributed by atoms with van der Waals surface area (Å²) in [6.07, 6.45) is 1.67. The SMILES string of the molecule is CCOc1ccccc1/C=C(/NC(=O)c1ccccc1)C(=O)N(CC)CC. The Hall–Kier alpha value is -3.08. The van der Waals surface area contributed by atoms with E-state index in [9.17, 15) is 9.59 Å². The zero-order chi connectivity index (χ0) is 19.6. The Morgan fingerprint density at radius 3 is 2.22 bits per heavy atom. The van der Waals surface area contributed by atoms with Crippen LogP contribution in [0.25, 0.3) is 6.08 Å². The first-order chi connectivity index (χ1) is 13.1. The summed E-state index contributed by atoms with van der Waals surface area (Å²) in [6, 6.07) is 16.3. The van der Waals surface area contributed by atoms with Crippen LogP contribution >= 0.6 is 0 Å². The van der Waals surface area contributed by atoms with Crippen molar-refractivity contribution in [3.8, 4) is 5.75 Å². The number of likely N-dealkylation sites (N-methyl/N-ethyl adjacent to an activating group) is 1. The summed E-state index contributed by atoms with van der Waals surface area (Å²) in [6.45, 7) is 7.35. The number of hydrogen-bond donors (Lipinski definition) is 1. The van der Waals surface area contributed by atoms with Gasteiger partial charge in [0.25, 0.3) is 11.8 Å². The number of carbonyl (C=O) groups excluding carboxylic acids is 2. The lowest BCUT2D eigenvalue weighted by Crippen LogP contribution is -2.38. The van der Waals surface area contributed by atoms with Gasteiger partial charge in [-0.15, -0.1) is 0 Å². The molecule has 0 saturated heterocycles. The van der Waals surface area contributed by atoms with Crippen LogP contribution in [-0.2, 0) is 4.79 Å². The summed E-state index contributed by atoms with van der Waals surface area (Å²) in [4.78, 5) is 27.2. The quantitative estimate of drug-likeness (QED) is 0.724. The van der Waals surface area contributed by atoms with Gasteiger partial charge in [0.15, 0.2) is 0 Å². The van der Waals surface area contributed by atoms with Crippen molar-refractivity contribution in [1.82, 2.24) is 10.2 Å². The average Bonchev–Trinajstić information content (AvgIpc) is 2.70. The molecule has 27 heavy (non-hydrogen) atoms. The zero-order valence-electron chi connectivity index (χ0n) is 16.1. The maximum absolute atomic E-state index is 12.9. The van der Waals surface area contributed by atoms with Crippen molar-refractivity contribution in [2.75, 3.05) is 19.7 Å². The highest BCUT2D eigenvalue weighted by Crippen LogP contribution is 2.21. The lowest BCUT2D eigenvalue weighted by molar-refractivity contribution is -0.127. The van der Waals surface area contributed by atoms with Crippen LogP contribution in [-0.4, -0.2) is 36.4 Å². The predicted molar refractivity (Wildman–Crippen MR) is 107 cm³/mol. The first-order valence-corrected chi connectivity index (χ1v) is 9.19. The van der Waals surface area contributed by atoms with Crippen LogP contribution in [0.3, 0.4) is 0 Å². The van der Waals surface area contributed by atoms with Crippen molar-refractivity contribution in [1.29, 1.82) is 0 Å². The molecule has 0 fully saturated rings. The minimum Gasteiger partial charge on any atom is -0.493 e. The number of rotatable bonds is 8. The number of nitrogens with zero attached hydrogens (tertiary/aromatic N) is 1. The first-order valence-electron chi connectivity index (χ1n) is 9.19. The van der Waals surface area contributed by atoms with Gasteiger partial charge in [-0.05, 0) is 45.0 Å². The average molecular weight is 366 g/mol. The Kier molecular flexibility index (Phi) is 7.62. The summed E-state index contributed by atoms with van der Waals surface area (Å²) in [5.74, 6) is 0.116. The molecule has 0 aromatic heterocycles. The Morgan fingerprint density at radius 2 is 1.59 bits per heavy atom. The molecule has 0 radical (unpaired) electrons. The second-order valence-corrected chi connectivity index (χ2v) is 5.83. The van der Waals surface area contributed by atoms with Crippen LogP contribution in [0.5, 0.6) is 5.75 Å². The van der Waals surface area contributed by atoms with E-state index in [1.807, 2.05) is 51.1 Å². The van der Waals surface area contributed by atoms with Gasteiger partial charge in [-0.1, -0.05) is 36.4 Å². The molecule has 2 aromatic carbocycles. The maximum Gasteiger partial charge on any atom is 0.270 e. The van der Waals surface area contributed by atoms with Gasteiger partial charge >= 0.3 is 0 Å². The van der Waals surface area contributed by atoms with E-state index in [2.05, 4.69) is 5.32 Å². The molecule has 0 aliphatic rings. The van der Waals surface area contributed by atoms with Crippen LogP contribution in [0.15, 0.2) is 60.3 Å². The van der Waals surface area contributed by atoms with Crippen molar-refractivity contribution < 1.29 is 14.3 Å². The molecule has 0 heterocycles. The van der Waals surface area contributed by atoms with Gasteiger partial charge in [0.05, 0.1) is 6.61 Å². The minimum atomic E-state index is -0.323. The highest BCUT2D eigenvalue weighted by atomic mass is 16.5. The van der Waals surface area contributed by atoms with Crippen molar-refractivity contribution in [3.63, 3.8) is 0 Å². The van der Waals surface area contributed by atoms with Gasteiger partial charge in [-0.2, -0.15) is 0 Å². The van der Waals surface area contributed by atoms with E-state index in [1.54, 1.807) is 35.2 Å². The number of carbonyl (C=O) groups is 2. The van der Waals surface area contributed by atoms with Gasteiger partial charge in [-0.25, -0.2) is 0 Å². The van der Waals surface area contributed by atoms with Crippen molar-refractivity contribution >= 4 is 17.9 Å². The number of benzene rings is 2. The predicted octanol–water partition coefficient (Wildman–Crippen LogP) is 3.72. The third kappa shape index (κ3) is 5.45. The monoisotopic (exact) mass is 366 g/mol. The Labute approximate surface area is 160 Å². The van der Waals surface area contributed by atoms with E-state index in [1.165, 1.54) is 0 Å². The maximum atomic E-state index is 12.9. The number of ether oxygens (including phenoxy) is 1. The minimum absolute atomic E-state index is 0.222. The molecule has 0 unspecified atom stereocenters. The van der Waals surface area contributed by atoms with Crippen LogP contribution < -0.4 is 10.1 Å². The second kappa shape index (κ2) is 10.2. The van der Waals surface area contributed by atoms with Crippen molar-refractivity contribution in [2.24, 2.45) is 0 Å². The summed E-state index contributed by atoms with van der Waals surface area (Å²) in [5.41, 5.74) is 1.46. The third-order valence-electron chi connectivity index (χ3n) is 4.08. The largest absolute Gasteiger partial charge is 0.493 e. The fraction of sp³-hybridized carbons (Fsp3) is 0.273. The van der Waals surface area contributed by atoms with Gasteiger partial charge in [0, 0.05) is 24.2 Å². The molecule has 0 saturated carbocycles. The van der Waals surface area contributed by atoms with Crippen LogP contribution in [0.2, 0.25) is 0 Å². The third-order valence-corrected chi connectivity index (χ3v) is 4.08. The molecule has 0 aliphatic carbocycles. The van der Waals surface area contributed by atoms with Crippen LogP contribution in [0, 0.1) is 0 Å². The fourth-order valence-corrected chi connectivity index (χ4v) is 2.66. The summed E-state index contributed by atoms with van der Waals surface area (Å²) in [7, 11) is 0. The molecule has 0 spiro atoms. The summed E-state index contributed by atoms with van der Waals surface area (Å²) < 4.78 is 5.64. The van der Waals surface area contributed by atoms with E-state index in [4.69, 9.17) is 4.74 Å². The lowest BCUT2D eigenvalue weighted by atomic mass is 10.1. The Bertz CT molecular complexity index is 796. The molecule has 0 atom stereocenters. The summed E-state index contributed by atoms with van der Waals surface area (Å²) in [5, 5.41) is 2.78. The Morgan fingerprint density at radius 1 is 0.963 bits per heavy atom. The highest BCUT2D eigenvalue weighted by Gasteiger charge is 2.19. The molecule has 2 amide bonds. The standard InChI is InChI=1S/C22H26N2O3/c1-4-24(5-2)22(26)19(23-21(25)17-12-8-7-9-13-17)16-18-14-10-11-15-20(18)27-6-3/h7-16H,4-6H2,1-3H3,(H,23,25)/b19-16+. The summed E-state index contributed by atoms with van der Waals surface area (Å²) >= 11 is 0. The van der Waals surface area contributed by atoms with Crippen molar-refractivity contribution in [2.45, 2.75) is 20.8 Å². The molecular formula is C22H26N2O3. The molecule has 2 aromatic rings. The molecular weight excluding hydrogens is 340 g/mol. The van der Waals surface area contributed by atoms with E-state index in [0.29, 0.717) is 31.0 Å². The van der Waals surface area contributed by atoms with E-state index < -0.39 is 0 Å². The number of nitrogens with one attached hydrogen (secondary N) is 1. The highest BCUT2D eigenvalue weighted by molar-refractivity contribution is 6.05. The normalized spacial score (nSPS) is 11.0. The molecule has 5 nitrogen and oxygen atoms in total. The number of para-hydroxylation sites is 1. The smallest absolute Gasteiger partial charge is 0.270 e. The van der Waals surface area contributed by atoms with E-state index in [-0.39, 0.29) is 17.5 Å².